The van der Waals surface area contributed by atoms with Crippen molar-refractivity contribution in [1.82, 2.24) is 0 Å². The summed E-state index contributed by atoms with van der Waals surface area (Å²) in [7, 11) is 0. The quantitative estimate of drug-likeness (QED) is 0.494. The minimum atomic E-state index is -0.777. The average molecular weight is 378 g/mol. The summed E-state index contributed by atoms with van der Waals surface area (Å²) in [5, 5.41) is 0.955. The Balaban J connectivity index is 1.53. The summed E-state index contributed by atoms with van der Waals surface area (Å²) in [4.78, 5) is 24.5. The lowest BCUT2D eigenvalue weighted by atomic mass is 10.0. The molecule has 5 nitrogen and oxygen atoms in total. The molecule has 1 aliphatic carbocycles. The Labute approximate surface area is 162 Å². The van der Waals surface area contributed by atoms with E-state index in [9.17, 15) is 9.59 Å². The zero-order valence-corrected chi connectivity index (χ0v) is 16.0. The van der Waals surface area contributed by atoms with Gasteiger partial charge in [0.25, 0.3) is 0 Å². The maximum Gasteiger partial charge on any atom is 0.347 e. The van der Waals surface area contributed by atoms with E-state index in [1.165, 1.54) is 0 Å². The summed E-state index contributed by atoms with van der Waals surface area (Å²) < 4.78 is 16.7. The predicted molar refractivity (Wildman–Crippen MR) is 106 cm³/mol. The highest BCUT2D eigenvalue weighted by molar-refractivity contribution is 5.86. The molecule has 3 aromatic rings. The normalized spacial score (nSPS) is 13.9. The van der Waals surface area contributed by atoms with Crippen molar-refractivity contribution in [1.29, 1.82) is 0 Å². The van der Waals surface area contributed by atoms with E-state index >= 15 is 0 Å². The van der Waals surface area contributed by atoms with Gasteiger partial charge in [-0.1, -0.05) is 30.3 Å². The van der Waals surface area contributed by atoms with Crippen LogP contribution in [0.15, 0.2) is 51.7 Å². The maximum absolute atomic E-state index is 12.3. The molecule has 0 fully saturated rings. The van der Waals surface area contributed by atoms with Crippen molar-refractivity contribution in [2.24, 2.45) is 0 Å². The van der Waals surface area contributed by atoms with Gasteiger partial charge >= 0.3 is 11.6 Å². The van der Waals surface area contributed by atoms with Crippen LogP contribution >= 0.6 is 0 Å². The lowest BCUT2D eigenvalue weighted by molar-refractivity contribution is -0.152. The lowest BCUT2D eigenvalue weighted by Crippen LogP contribution is -2.26. The molecule has 0 saturated carbocycles. The summed E-state index contributed by atoms with van der Waals surface area (Å²) in [6.07, 6.45) is 1.86. The molecule has 1 aromatic heterocycles. The molecule has 0 amide bonds. The Morgan fingerprint density at radius 1 is 1.11 bits per heavy atom. The third-order valence-electron chi connectivity index (χ3n) is 5.20. The van der Waals surface area contributed by atoms with Crippen LogP contribution in [0.4, 0.5) is 0 Å². The van der Waals surface area contributed by atoms with Gasteiger partial charge in [-0.15, -0.1) is 0 Å². The van der Waals surface area contributed by atoms with E-state index in [4.69, 9.17) is 13.9 Å². The zero-order chi connectivity index (χ0) is 19.7. The van der Waals surface area contributed by atoms with E-state index in [0.717, 1.165) is 41.3 Å². The van der Waals surface area contributed by atoms with Gasteiger partial charge in [0.15, 0.2) is 6.10 Å². The molecule has 1 aliphatic rings. The maximum atomic E-state index is 12.3. The first-order valence-corrected chi connectivity index (χ1v) is 9.50. The van der Waals surface area contributed by atoms with Crippen LogP contribution in [0.5, 0.6) is 5.75 Å². The van der Waals surface area contributed by atoms with Crippen molar-refractivity contribution in [3.05, 3.63) is 75.1 Å². The van der Waals surface area contributed by atoms with E-state index in [2.05, 4.69) is 0 Å². The number of ether oxygens (including phenoxy) is 2. The topological polar surface area (TPSA) is 65.7 Å². The molecule has 28 heavy (non-hydrogen) atoms. The Bertz CT molecular complexity index is 1080. The molecule has 1 atom stereocenters. The van der Waals surface area contributed by atoms with Gasteiger partial charge in [-0.2, -0.15) is 0 Å². The van der Waals surface area contributed by atoms with Crippen LogP contribution in [0, 0.1) is 6.92 Å². The summed E-state index contributed by atoms with van der Waals surface area (Å²) in [6, 6.07) is 13.2. The highest BCUT2D eigenvalue weighted by Crippen LogP contribution is 2.33. The first-order valence-electron chi connectivity index (χ1n) is 9.50. The van der Waals surface area contributed by atoms with Crippen molar-refractivity contribution < 1.29 is 18.7 Å². The van der Waals surface area contributed by atoms with Crippen LogP contribution in [0.3, 0.4) is 0 Å². The fourth-order valence-electron chi connectivity index (χ4n) is 3.68. The molecule has 5 heteroatoms. The van der Waals surface area contributed by atoms with Gasteiger partial charge in [0.2, 0.25) is 0 Å². The van der Waals surface area contributed by atoms with Gasteiger partial charge < -0.3 is 13.9 Å². The van der Waals surface area contributed by atoms with Crippen LogP contribution in [0.1, 0.15) is 35.6 Å². The number of hydrogen-bond donors (Lipinski definition) is 0. The van der Waals surface area contributed by atoms with Crippen molar-refractivity contribution in [2.75, 3.05) is 0 Å². The molecule has 0 N–H and O–H groups in total. The van der Waals surface area contributed by atoms with Crippen molar-refractivity contribution in [2.45, 2.75) is 45.8 Å². The molecule has 0 saturated heterocycles. The Kier molecular flexibility index (Phi) is 4.90. The molecular formula is C23H22O5. The summed E-state index contributed by atoms with van der Waals surface area (Å²) in [5.41, 5.74) is 3.77. The smallest absolute Gasteiger partial charge is 0.347 e. The van der Waals surface area contributed by atoms with Gasteiger partial charge in [0, 0.05) is 16.5 Å². The molecule has 0 unspecified atom stereocenters. The van der Waals surface area contributed by atoms with E-state index in [1.807, 2.05) is 49.4 Å². The van der Waals surface area contributed by atoms with Crippen LogP contribution < -0.4 is 10.4 Å². The monoisotopic (exact) mass is 378 g/mol. The fraction of sp³-hybridized carbons (Fsp3) is 0.304. The Morgan fingerprint density at radius 2 is 1.86 bits per heavy atom. The first kappa shape index (κ1) is 18.3. The molecule has 0 aliphatic heterocycles. The average Bonchev–Trinajstić information content (AvgIpc) is 3.20. The predicted octanol–water partition coefficient (Wildman–Crippen LogP) is 4.10. The van der Waals surface area contributed by atoms with Gasteiger partial charge in [0.1, 0.15) is 17.9 Å². The van der Waals surface area contributed by atoms with Gasteiger partial charge in [0.05, 0.1) is 0 Å². The van der Waals surface area contributed by atoms with Gasteiger partial charge in [-0.05, 0) is 56.4 Å². The molecular weight excluding hydrogens is 356 g/mol. The first-order chi connectivity index (χ1) is 13.5. The number of esters is 1. The van der Waals surface area contributed by atoms with Crippen LogP contribution in [0.25, 0.3) is 11.0 Å². The lowest BCUT2D eigenvalue weighted by Gasteiger charge is -2.17. The molecule has 2 aromatic carbocycles. The molecule has 4 rings (SSSR count). The molecule has 1 heterocycles. The number of carbonyl (C=O) groups is 1. The van der Waals surface area contributed by atoms with E-state index < -0.39 is 12.1 Å². The molecule has 0 radical (unpaired) electrons. The number of aryl methyl sites for hydroxylation is 2. The second-order valence-corrected chi connectivity index (χ2v) is 7.12. The standard InChI is InChI=1S/C23H22O5/c1-14-20(27-15(2)22(24)26-13-16-7-4-3-5-8-16)12-11-18-17-9-6-10-19(17)23(25)28-21(14)18/h3-5,7-8,11-12,15H,6,9-10,13H2,1-2H3/t15-/m0/s1. The summed E-state index contributed by atoms with van der Waals surface area (Å²) in [5.74, 6) is 0.0662. The van der Waals surface area contributed by atoms with E-state index in [0.29, 0.717) is 16.9 Å². The Hall–Kier alpha value is -3.08. The largest absolute Gasteiger partial charge is 0.479 e. The number of carbonyl (C=O) groups excluding carboxylic acids is 1. The molecule has 0 bridgehead atoms. The van der Waals surface area contributed by atoms with Crippen LogP contribution in [-0.2, 0) is 29.0 Å². The zero-order valence-electron chi connectivity index (χ0n) is 16.0. The fourth-order valence-corrected chi connectivity index (χ4v) is 3.68. The van der Waals surface area contributed by atoms with Crippen molar-refractivity contribution in [3.63, 3.8) is 0 Å². The third-order valence-corrected chi connectivity index (χ3v) is 5.20. The third kappa shape index (κ3) is 3.40. The van der Waals surface area contributed by atoms with Crippen LogP contribution in [-0.4, -0.2) is 12.1 Å². The van der Waals surface area contributed by atoms with E-state index in [-0.39, 0.29) is 12.2 Å². The number of rotatable bonds is 5. The summed E-state index contributed by atoms with van der Waals surface area (Å²) in [6.45, 7) is 3.69. The minimum Gasteiger partial charge on any atom is -0.479 e. The van der Waals surface area contributed by atoms with E-state index in [1.54, 1.807) is 6.92 Å². The second kappa shape index (κ2) is 7.50. The number of fused-ring (bicyclic) bond motifs is 3. The highest BCUT2D eigenvalue weighted by Gasteiger charge is 2.23. The SMILES string of the molecule is Cc1c(O[C@@H](C)C(=O)OCc2ccccc2)ccc2c3c(c(=O)oc12)CCC3. The number of hydrogen-bond acceptors (Lipinski definition) is 5. The van der Waals surface area contributed by atoms with Gasteiger partial charge in [-0.3, -0.25) is 0 Å². The van der Waals surface area contributed by atoms with Crippen molar-refractivity contribution >= 4 is 16.9 Å². The summed E-state index contributed by atoms with van der Waals surface area (Å²) >= 11 is 0. The van der Waals surface area contributed by atoms with Crippen molar-refractivity contribution in [3.8, 4) is 5.75 Å². The molecule has 0 spiro atoms. The highest BCUT2D eigenvalue weighted by atomic mass is 16.6. The minimum absolute atomic E-state index is 0.199. The van der Waals surface area contributed by atoms with Gasteiger partial charge in [-0.25, -0.2) is 9.59 Å². The second-order valence-electron chi connectivity index (χ2n) is 7.12. The van der Waals surface area contributed by atoms with Crippen LogP contribution in [0.2, 0.25) is 0 Å². The number of benzene rings is 2. The molecule has 144 valence electrons. The Morgan fingerprint density at radius 3 is 2.64 bits per heavy atom.